The van der Waals surface area contributed by atoms with Crippen LogP contribution in [0.4, 0.5) is 0 Å². The minimum absolute atomic E-state index is 0. The molecule has 0 aliphatic rings. The van der Waals surface area contributed by atoms with Crippen molar-refractivity contribution in [3.05, 3.63) is 40.7 Å². The summed E-state index contributed by atoms with van der Waals surface area (Å²) in [4.78, 5) is 59.0. The number of Topliss-reactive ketones (excluding diaryl/α,β-unsaturated/α-hetero) is 1. The molecule has 0 spiro atoms. The van der Waals surface area contributed by atoms with Crippen molar-refractivity contribution < 1.29 is 86.9 Å². The van der Waals surface area contributed by atoms with Crippen molar-refractivity contribution in [3.8, 4) is 0 Å². The van der Waals surface area contributed by atoms with E-state index in [-0.39, 0.29) is 120 Å². The van der Waals surface area contributed by atoms with Crippen LogP contribution < -0.4 is 74.1 Å². The third-order valence-electron chi connectivity index (χ3n) is 6.44. The maximum absolute atomic E-state index is 12.0. The van der Waals surface area contributed by atoms with Crippen LogP contribution in [0.1, 0.15) is 82.8 Å². The van der Waals surface area contributed by atoms with Crippen LogP contribution in [0.25, 0.3) is 5.32 Å². The molecular weight excluding hydrogens is 598 g/mol. The number of hydrogen-bond acceptors (Lipinski definition) is 6. The van der Waals surface area contributed by atoms with Crippen molar-refractivity contribution in [3.63, 3.8) is 0 Å². The number of unbranched alkanes of at least 4 members (excludes halogenated alkanes) is 1. The number of carbonyl (C=O) groups excluding carboxylic acids is 5. The smallest absolute Gasteiger partial charge is 0.648 e. The molecule has 1 aromatic carbocycles. The average molecular weight is 645 g/mol. The second-order valence-electron chi connectivity index (χ2n) is 9.78. The largest absolute Gasteiger partial charge is 1.00 e. The molecule has 0 saturated carbocycles. The molecule has 0 aliphatic heterocycles. The van der Waals surface area contributed by atoms with E-state index in [1.807, 2.05) is 31.2 Å². The van der Waals surface area contributed by atoms with Crippen molar-refractivity contribution in [2.24, 2.45) is 5.92 Å². The van der Waals surface area contributed by atoms with Crippen LogP contribution in [-0.2, 0) is 41.7 Å². The standard InChI is InChI=1S/C30H48N4O6.Rb/c1-4-9-25(26(35)5-2)10-6-7-17-32-28(37)11-8-19-40-22-30(39)34-21-24-14-12-23(13-15-24)20-29(38)33-18-16-27(36)31-3;/h12-15,25H,4-11,16-22H2,1-3H3,(H4,31,32,33,34,36,37,38,39);/q;+1/p-1. The Morgan fingerprint density at radius 1 is 0.829 bits per heavy atom. The van der Waals surface area contributed by atoms with E-state index >= 15 is 0 Å². The van der Waals surface area contributed by atoms with Gasteiger partial charge in [-0.3, -0.25) is 19.2 Å². The number of nitrogens with zero attached hydrogens (tertiary/aromatic N) is 1. The van der Waals surface area contributed by atoms with Gasteiger partial charge in [-0.25, -0.2) is 0 Å². The SMILES string of the molecule is CCCC(CCCCNC(=O)CCCOCC(=O)[N-]Cc1ccc(CC(=O)NCCC(=O)NC)cc1)C(=O)CC.[Rb+]. The van der Waals surface area contributed by atoms with Gasteiger partial charge in [0.05, 0.1) is 18.9 Å². The summed E-state index contributed by atoms with van der Waals surface area (Å²) in [6.07, 6.45) is 6.49. The molecular formula is C30H47N4O6Rb. The molecule has 11 heteroatoms. The summed E-state index contributed by atoms with van der Waals surface area (Å²) < 4.78 is 5.35. The molecule has 0 saturated heterocycles. The maximum Gasteiger partial charge on any atom is 1.00 e. The molecule has 10 nitrogen and oxygen atoms in total. The summed E-state index contributed by atoms with van der Waals surface area (Å²) in [5.74, 6) is -0.218. The first-order valence-corrected chi connectivity index (χ1v) is 14.4. The van der Waals surface area contributed by atoms with Gasteiger partial charge in [-0.05, 0) is 31.2 Å². The van der Waals surface area contributed by atoms with Gasteiger partial charge in [0.15, 0.2) is 0 Å². The first kappa shape index (κ1) is 39.5. The maximum atomic E-state index is 12.0. The molecule has 3 N–H and O–H groups in total. The van der Waals surface area contributed by atoms with Crippen molar-refractivity contribution in [2.75, 3.05) is 33.4 Å². The van der Waals surface area contributed by atoms with Crippen molar-refractivity contribution in [1.82, 2.24) is 16.0 Å². The predicted molar refractivity (Wildman–Crippen MR) is 155 cm³/mol. The molecule has 41 heavy (non-hydrogen) atoms. The van der Waals surface area contributed by atoms with Crippen LogP contribution in [0.15, 0.2) is 24.3 Å². The Balaban J connectivity index is 0.0000160. The van der Waals surface area contributed by atoms with Gasteiger partial charge < -0.3 is 30.8 Å². The van der Waals surface area contributed by atoms with E-state index in [0.29, 0.717) is 38.2 Å². The van der Waals surface area contributed by atoms with Gasteiger partial charge in [0.25, 0.3) is 0 Å². The Morgan fingerprint density at radius 2 is 1.51 bits per heavy atom. The first-order chi connectivity index (χ1) is 19.3. The number of hydrogen-bond donors (Lipinski definition) is 3. The third kappa shape index (κ3) is 20.1. The van der Waals surface area contributed by atoms with E-state index in [0.717, 1.165) is 43.2 Å². The predicted octanol–water partition coefficient (Wildman–Crippen LogP) is 0.364. The Kier molecular flexibility index (Phi) is 24.2. The number of rotatable bonds is 22. The summed E-state index contributed by atoms with van der Waals surface area (Å²) in [5, 5.41) is 12.1. The Bertz CT molecular complexity index is 926. The van der Waals surface area contributed by atoms with Crippen LogP contribution in [-0.4, -0.2) is 62.8 Å². The molecule has 0 radical (unpaired) electrons. The molecule has 1 rings (SSSR count). The zero-order chi connectivity index (χ0) is 29.6. The Morgan fingerprint density at radius 3 is 2.17 bits per heavy atom. The van der Waals surface area contributed by atoms with E-state index in [9.17, 15) is 24.0 Å². The molecule has 1 unspecified atom stereocenters. The summed E-state index contributed by atoms with van der Waals surface area (Å²) in [7, 11) is 1.55. The van der Waals surface area contributed by atoms with Gasteiger partial charge in [0.2, 0.25) is 17.7 Å². The minimum atomic E-state index is -0.369. The van der Waals surface area contributed by atoms with Crippen LogP contribution in [0.5, 0.6) is 0 Å². The van der Waals surface area contributed by atoms with Gasteiger partial charge >= 0.3 is 58.2 Å². The Labute approximate surface area is 294 Å². The third-order valence-corrected chi connectivity index (χ3v) is 6.44. The van der Waals surface area contributed by atoms with Gasteiger partial charge in [-0.1, -0.05) is 56.5 Å². The number of carbonyl (C=O) groups is 5. The van der Waals surface area contributed by atoms with Gasteiger partial charge in [0, 0.05) is 51.9 Å². The van der Waals surface area contributed by atoms with E-state index in [1.54, 1.807) is 7.05 Å². The summed E-state index contributed by atoms with van der Waals surface area (Å²) in [6.45, 7) is 5.28. The second kappa shape index (κ2) is 25.1. The van der Waals surface area contributed by atoms with E-state index in [2.05, 4.69) is 28.2 Å². The van der Waals surface area contributed by atoms with E-state index in [4.69, 9.17) is 4.74 Å². The van der Waals surface area contributed by atoms with Gasteiger partial charge in [-0.15, -0.1) is 6.54 Å². The van der Waals surface area contributed by atoms with Gasteiger partial charge in [-0.2, -0.15) is 0 Å². The number of ketones is 1. The summed E-state index contributed by atoms with van der Waals surface area (Å²) in [5.41, 5.74) is 1.66. The fraction of sp³-hybridized carbons (Fsp3) is 0.633. The fourth-order valence-electron chi connectivity index (χ4n) is 4.11. The van der Waals surface area contributed by atoms with E-state index in [1.165, 1.54) is 0 Å². The van der Waals surface area contributed by atoms with Crippen LogP contribution in [0.3, 0.4) is 0 Å². The average Bonchev–Trinajstić information content (AvgIpc) is 2.95. The first-order valence-electron chi connectivity index (χ1n) is 14.4. The molecule has 0 heterocycles. The zero-order valence-corrected chi connectivity index (χ0v) is 30.3. The minimum Gasteiger partial charge on any atom is -0.648 e. The topological polar surface area (TPSA) is 145 Å². The quantitative estimate of drug-likeness (QED) is 0.156. The van der Waals surface area contributed by atoms with Crippen molar-refractivity contribution in [1.29, 1.82) is 0 Å². The van der Waals surface area contributed by atoms with Gasteiger partial charge in [0.1, 0.15) is 5.78 Å². The molecule has 0 bridgehead atoms. The number of benzene rings is 1. The van der Waals surface area contributed by atoms with Crippen LogP contribution in [0.2, 0.25) is 0 Å². The van der Waals surface area contributed by atoms with Crippen molar-refractivity contribution >= 4 is 29.4 Å². The molecule has 1 aromatic rings. The summed E-state index contributed by atoms with van der Waals surface area (Å²) >= 11 is 0. The monoisotopic (exact) mass is 644 g/mol. The molecule has 224 valence electrons. The number of nitrogens with one attached hydrogen (secondary N) is 3. The second-order valence-corrected chi connectivity index (χ2v) is 9.78. The van der Waals surface area contributed by atoms with E-state index < -0.39 is 0 Å². The number of amides is 4. The number of ether oxygens (including phenoxy) is 1. The summed E-state index contributed by atoms with van der Waals surface area (Å²) in [6, 6.07) is 7.26. The zero-order valence-electron chi connectivity index (χ0n) is 25.4. The van der Waals surface area contributed by atoms with Crippen LogP contribution >= 0.6 is 0 Å². The Hall–Kier alpha value is -1.46. The van der Waals surface area contributed by atoms with Crippen LogP contribution in [0, 0.1) is 5.92 Å². The van der Waals surface area contributed by atoms with Crippen molar-refractivity contribution in [2.45, 2.75) is 84.6 Å². The molecule has 0 fully saturated rings. The normalized spacial score (nSPS) is 11.1. The molecule has 0 aromatic heterocycles. The fourth-order valence-corrected chi connectivity index (χ4v) is 4.11. The molecule has 0 aliphatic carbocycles. The molecule has 1 atom stereocenters. The molecule has 4 amide bonds.